The smallest absolute Gasteiger partial charge is 0.389 e. The van der Waals surface area contributed by atoms with Gasteiger partial charge in [0, 0.05) is 18.0 Å². The molecule has 1 aromatic carbocycles. The Kier molecular flexibility index (Phi) is 5.71. The van der Waals surface area contributed by atoms with Crippen molar-refractivity contribution in [3.63, 3.8) is 0 Å². The molecule has 0 unspecified atom stereocenters. The molecule has 0 radical (unpaired) electrons. The average molecular weight is 274 g/mol. The van der Waals surface area contributed by atoms with E-state index in [2.05, 4.69) is 0 Å². The van der Waals surface area contributed by atoms with Crippen molar-refractivity contribution in [1.29, 1.82) is 0 Å². The van der Waals surface area contributed by atoms with E-state index in [9.17, 15) is 22.7 Å². The van der Waals surface area contributed by atoms with Crippen LogP contribution >= 0.6 is 12.4 Å². The number of aromatic hydroxyl groups is 1. The highest BCUT2D eigenvalue weighted by atomic mass is 35.5. The Morgan fingerprint density at radius 3 is 2.41 bits per heavy atom. The van der Waals surface area contributed by atoms with Crippen molar-refractivity contribution in [2.45, 2.75) is 25.1 Å². The van der Waals surface area contributed by atoms with Crippen molar-refractivity contribution in [3.05, 3.63) is 29.6 Å². The van der Waals surface area contributed by atoms with Gasteiger partial charge in [-0.25, -0.2) is 4.39 Å². The van der Waals surface area contributed by atoms with E-state index in [0.717, 1.165) is 18.2 Å². The summed E-state index contributed by atoms with van der Waals surface area (Å²) >= 11 is 0. The summed E-state index contributed by atoms with van der Waals surface area (Å²) in [5, 5.41) is 9.31. The molecule has 0 aliphatic rings. The van der Waals surface area contributed by atoms with Gasteiger partial charge in [0.1, 0.15) is 11.6 Å². The van der Waals surface area contributed by atoms with Gasteiger partial charge >= 0.3 is 6.18 Å². The molecular formula is C10H12ClF4NO. The predicted molar refractivity (Wildman–Crippen MR) is 57.5 cm³/mol. The average Bonchev–Trinajstić information content (AvgIpc) is 2.17. The molecular weight excluding hydrogens is 262 g/mol. The lowest BCUT2D eigenvalue weighted by molar-refractivity contribution is -0.136. The van der Waals surface area contributed by atoms with Crippen molar-refractivity contribution in [2.24, 2.45) is 5.73 Å². The summed E-state index contributed by atoms with van der Waals surface area (Å²) in [4.78, 5) is 0. The number of phenolic OH excluding ortho intramolecular Hbond substituents is 1. The molecule has 0 aromatic heterocycles. The van der Waals surface area contributed by atoms with Crippen molar-refractivity contribution in [1.82, 2.24) is 0 Å². The minimum absolute atomic E-state index is 0. The summed E-state index contributed by atoms with van der Waals surface area (Å²) in [5.41, 5.74) is 5.44. The summed E-state index contributed by atoms with van der Waals surface area (Å²) in [5.74, 6) is -0.939. The molecule has 7 heteroatoms. The number of nitrogens with two attached hydrogens (primary N) is 1. The molecule has 1 aromatic rings. The van der Waals surface area contributed by atoms with Gasteiger partial charge < -0.3 is 10.8 Å². The second-order valence-corrected chi connectivity index (χ2v) is 3.46. The first-order valence-corrected chi connectivity index (χ1v) is 4.60. The van der Waals surface area contributed by atoms with E-state index >= 15 is 0 Å². The third-order valence-corrected chi connectivity index (χ3v) is 2.13. The monoisotopic (exact) mass is 273 g/mol. The number of hydrogen-bond donors (Lipinski definition) is 2. The zero-order chi connectivity index (χ0) is 12.3. The summed E-state index contributed by atoms with van der Waals surface area (Å²) in [7, 11) is 0. The highest BCUT2D eigenvalue weighted by Gasteiger charge is 2.28. The highest BCUT2D eigenvalue weighted by Crippen LogP contribution is 2.30. The number of hydrogen-bond acceptors (Lipinski definition) is 2. The van der Waals surface area contributed by atoms with Crippen molar-refractivity contribution < 1.29 is 22.7 Å². The number of halogens is 5. The zero-order valence-electron chi connectivity index (χ0n) is 8.67. The van der Waals surface area contributed by atoms with Crippen LogP contribution in [0.2, 0.25) is 0 Å². The fourth-order valence-corrected chi connectivity index (χ4v) is 1.30. The number of benzene rings is 1. The second kappa shape index (κ2) is 6.07. The quantitative estimate of drug-likeness (QED) is 0.830. The topological polar surface area (TPSA) is 46.2 Å². The summed E-state index contributed by atoms with van der Waals surface area (Å²) in [6.45, 7) is 0. The fourth-order valence-electron chi connectivity index (χ4n) is 1.30. The van der Waals surface area contributed by atoms with Crippen LogP contribution in [0.3, 0.4) is 0 Å². The normalized spacial score (nSPS) is 13.0. The molecule has 3 N–H and O–H groups in total. The first-order valence-electron chi connectivity index (χ1n) is 4.60. The number of rotatable bonds is 3. The maximum absolute atomic E-state index is 12.8. The van der Waals surface area contributed by atoms with E-state index in [4.69, 9.17) is 5.73 Å². The van der Waals surface area contributed by atoms with Crippen LogP contribution in [0.1, 0.15) is 24.4 Å². The van der Waals surface area contributed by atoms with E-state index in [0.29, 0.717) is 0 Å². The van der Waals surface area contributed by atoms with E-state index in [-0.39, 0.29) is 30.1 Å². The molecule has 0 heterocycles. The predicted octanol–water partition coefficient (Wildman–Crippen LogP) is 3.30. The first-order chi connectivity index (χ1) is 7.29. The maximum Gasteiger partial charge on any atom is 0.389 e. The molecule has 0 aliphatic carbocycles. The lowest BCUT2D eigenvalue weighted by atomic mass is 10.0. The minimum Gasteiger partial charge on any atom is -0.508 e. The second-order valence-electron chi connectivity index (χ2n) is 3.46. The molecule has 17 heavy (non-hydrogen) atoms. The third-order valence-electron chi connectivity index (χ3n) is 2.13. The Morgan fingerprint density at radius 2 is 1.88 bits per heavy atom. The van der Waals surface area contributed by atoms with Crippen LogP contribution < -0.4 is 5.73 Å². The zero-order valence-corrected chi connectivity index (χ0v) is 9.48. The molecule has 0 saturated carbocycles. The Balaban J connectivity index is 0.00000256. The number of alkyl halides is 3. The SMILES string of the molecule is Cl.N[C@H](CCC(F)(F)F)c1cc(F)ccc1O. The van der Waals surface area contributed by atoms with Crippen LogP contribution in [0.4, 0.5) is 17.6 Å². The molecule has 1 rings (SSSR count). The molecule has 2 nitrogen and oxygen atoms in total. The van der Waals surface area contributed by atoms with Crippen LogP contribution in [0.15, 0.2) is 18.2 Å². The van der Waals surface area contributed by atoms with Gasteiger partial charge in [-0.3, -0.25) is 0 Å². The first kappa shape index (κ1) is 16.0. The van der Waals surface area contributed by atoms with E-state index in [1.54, 1.807) is 0 Å². The fraction of sp³-hybridized carbons (Fsp3) is 0.400. The molecule has 0 fully saturated rings. The van der Waals surface area contributed by atoms with Gasteiger partial charge in [0.2, 0.25) is 0 Å². The van der Waals surface area contributed by atoms with Gasteiger partial charge in [0.15, 0.2) is 0 Å². The Bertz CT molecular complexity index is 370. The lowest BCUT2D eigenvalue weighted by Crippen LogP contribution is -2.16. The van der Waals surface area contributed by atoms with E-state index < -0.39 is 24.5 Å². The third kappa shape index (κ3) is 5.23. The van der Waals surface area contributed by atoms with Gasteiger partial charge in [0.05, 0.1) is 0 Å². The van der Waals surface area contributed by atoms with Crippen molar-refractivity contribution in [3.8, 4) is 5.75 Å². The summed E-state index contributed by atoms with van der Waals surface area (Å²) < 4.78 is 48.6. The van der Waals surface area contributed by atoms with Crippen LogP contribution in [0.25, 0.3) is 0 Å². The largest absolute Gasteiger partial charge is 0.508 e. The van der Waals surface area contributed by atoms with Gasteiger partial charge in [-0.15, -0.1) is 12.4 Å². The standard InChI is InChI=1S/C10H11F4NO.ClH/c11-6-1-2-9(16)7(5-6)8(15)3-4-10(12,13)14;/h1-2,5,8,16H,3-4,15H2;1H/t8-;/m1./s1. The maximum atomic E-state index is 12.8. The molecule has 0 bridgehead atoms. The van der Waals surface area contributed by atoms with Crippen molar-refractivity contribution >= 4 is 12.4 Å². The Morgan fingerprint density at radius 1 is 1.29 bits per heavy atom. The molecule has 0 saturated heterocycles. The molecule has 0 spiro atoms. The van der Waals surface area contributed by atoms with E-state index in [1.165, 1.54) is 0 Å². The van der Waals surface area contributed by atoms with E-state index in [1.807, 2.05) is 0 Å². The molecule has 98 valence electrons. The van der Waals surface area contributed by atoms with Crippen LogP contribution in [0, 0.1) is 5.82 Å². The van der Waals surface area contributed by atoms with Crippen LogP contribution in [0.5, 0.6) is 5.75 Å². The summed E-state index contributed by atoms with van der Waals surface area (Å²) in [6, 6.07) is 1.99. The lowest BCUT2D eigenvalue weighted by Gasteiger charge is -2.14. The van der Waals surface area contributed by atoms with Gasteiger partial charge in [-0.2, -0.15) is 13.2 Å². The van der Waals surface area contributed by atoms with Crippen molar-refractivity contribution in [2.75, 3.05) is 0 Å². The minimum atomic E-state index is -4.30. The summed E-state index contributed by atoms with van der Waals surface area (Å²) in [6.07, 6.45) is -5.76. The Hall–Kier alpha value is -1.01. The van der Waals surface area contributed by atoms with Gasteiger partial charge in [-0.05, 0) is 24.6 Å². The highest BCUT2D eigenvalue weighted by molar-refractivity contribution is 5.85. The molecule has 0 amide bonds. The van der Waals surface area contributed by atoms with Crippen LogP contribution in [-0.2, 0) is 0 Å². The van der Waals surface area contributed by atoms with Gasteiger partial charge in [0.25, 0.3) is 0 Å². The van der Waals surface area contributed by atoms with Gasteiger partial charge in [-0.1, -0.05) is 0 Å². The van der Waals surface area contributed by atoms with Crippen LogP contribution in [-0.4, -0.2) is 11.3 Å². The number of phenols is 1. The Labute approximate surface area is 102 Å². The molecule has 0 aliphatic heterocycles. The molecule has 1 atom stereocenters.